The van der Waals surface area contributed by atoms with Crippen molar-refractivity contribution in [3.63, 3.8) is 0 Å². The molecule has 2 aromatic heterocycles. The van der Waals surface area contributed by atoms with E-state index in [4.69, 9.17) is 0 Å². The molecule has 0 aliphatic heterocycles. The molecule has 0 bridgehead atoms. The van der Waals surface area contributed by atoms with E-state index in [0.29, 0.717) is 0 Å². The van der Waals surface area contributed by atoms with Crippen molar-refractivity contribution in [2.75, 3.05) is 0 Å². The first-order valence-corrected chi connectivity index (χ1v) is 4.45. The quantitative estimate of drug-likeness (QED) is 0.375. The number of nitrogens with zero attached hydrogens (tertiary/aromatic N) is 6. The highest BCUT2D eigenvalue weighted by molar-refractivity contribution is 6.64. The molecule has 0 fully saturated rings. The van der Waals surface area contributed by atoms with Gasteiger partial charge in [-0.2, -0.15) is 0 Å². The van der Waals surface area contributed by atoms with Crippen LogP contribution in [0, 0.1) is 0 Å². The lowest BCUT2D eigenvalue weighted by Crippen LogP contribution is -2.59. The zero-order chi connectivity index (χ0) is 10.7. The molecule has 0 spiro atoms. The second kappa shape index (κ2) is 4.08. The van der Waals surface area contributed by atoms with Gasteiger partial charge in [-0.05, 0) is 10.2 Å². The summed E-state index contributed by atoms with van der Waals surface area (Å²) in [5, 5.41) is 15.2. The molecule has 2 rings (SSSR count). The zero-order valence-corrected chi connectivity index (χ0v) is 8.57. The molecule has 6 nitrogen and oxygen atoms in total. The zero-order valence-electron chi connectivity index (χ0n) is 8.57. The van der Waals surface area contributed by atoms with E-state index in [1.165, 1.54) is 0 Å². The van der Waals surface area contributed by atoms with E-state index in [1.54, 1.807) is 25.0 Å². The molecule has 2 aromatic rings. The van der Waals surface area contributed by atoms with Gasteiger partial charge in [0.1, 0.15) is 12.4 Å². The SMILES string of the molecule is C[n+]1cnncc1[B]c1cnnc[n+]1C. The summed E-state index contributed by atoms with van der Waals surface area (Å²) in [5.74, 6) is 0. The second-order valence-corrected chi connectivity index (χ2v) is 3.17. The first kappa shape index (κ1) is 9.63. The van der Waals surface area contributed by atoms with Crippen LogP contribution in [0.5, 0.6) is 0 Å². The van der Waals surface area contributed by atoms with Crippen LogP contribution < -0.4 is 20.3 Å². The first-order valence-electron chi connectivity index (χ1n) is 4.45. The smallest absolute Gasteiger partial charge is 0.243 e. The van der Waals surface area contributed by atoms with Gasteiger partial charge in [-0.1, -0.05) is 0 Å². The van der Waals surface area contributed by atoms with Crippen LogP contribution in [0.25, 0.3) is 0 Å². The van der Waals surface area contributed by atoms with Crippen molar-refractivity contribution in [3.8, 4) is 0 Å². The molecule has 0 saturated heterocycles. The summed E-state index contributed by atoms with van der Waals surface area (Å²) in [6, 6.07) is 0. The van der Waals surface area contributed by atoms with Crippen LogP contribution in [0.1, 0.15) is 0 Å². The Bertz CT molecular complexity index is 431. The first-order chi connectivity index (χ1) is 7.27. The highest BCUT2D eigenvalue weighted by Crippen LogP contribution is 1.65. The van der Waals surface area contributed by atoms with Crippen molar-refractivity contribution < 1.29 is 9.13 Å². The van der Waals surface area contributed by atoms with Gasteiger partial charge in [0.05, 0.1) is 35.5 Å². The molecule has 0 aromatic carbocycles. The minimum Gasteiger partial charge on any atom is -0.243 e. The molecule has 7 heteroatoms. The summed E-state index contributed by atoms with van der Waals surface area (Å²) in [4.78, 5) is 0. The minimum atomic E-state index is 0.952. The maximum absolute atomic E-state index is 3.82. The molecule has 0 amide bonds. The van der Waals surface area contributed by atoms with Crippen LogP contribution in [0.2, 0.25) is 0 Å². The van der Waals surface area contributed by atoms with Crippen molar-refractivity contribution in [1.82, 2.24) is 20.4 Å². The molecular formula is C8H10BN6+2. The molecule has 0 saturated carbocycles. The number of hydrogen-bond donors (Lipinski definition) is 0. The molecule has 73 valence electrons. The van der Waals surface area contributed by atoms with Crippen LogP contribution >= 0.6 is 0 Å². The van der Waals surface area contributed by atoms with Gasteiger partial charge in [0, 0.05) is 0 Å². The lowest BCUT2D eigenvalue weighted by molar-refractivity contribution is -0.662. The lowest BCUT2D eigenvalue weighted by atomic mass is 9.71. The van der Waals surface area contributed by atoms with Crippen molar-refractivity contribution in [2.45, 2.75) is 0 Å². The fraction of sp³-hybridized carbons (Fsp3) is 0.250. The van der Waals surface area contributed by atoms with E-state index in [9.17, 15) is 0 Å². The van der Waals surface area contributed by atoms with Gasteiger partial charge < -0.3 is 0 Å². The number of hydrogen-bond acceptors (Lipinski definition) is 4. The van der Waals surface area contributed by atoms with Gasteiger partial charge in [0.2, 0.25) is 0 Å². The second-order valence-electron chi connectivity index (χ2n) is 3.17. The minimum absolute atomic E-state index is 0.952. The molecule has 0 N–H and O–H groups in total. The summed E-state index contributed by atoms with van der Waals surface area (Å²) < 4.78 is 3.76. The Hall–Kier alpha value is -1.92. The van der Waals surface area contributed by atoms with E-state index >= 15 is 0 Å². The molecule has 0 unspecified atom stereocenters. The Labute approximate surface area is 87.9 Å². The number of aromatic nitrogens is 6. The van der Waals surface area contributed by atoms with Crippen LogP contribution in [-0.2, 0) is 14.1 Å². The monoisotopic (exact) mass is 201 g/mol. The maximum atomic E-state index is 3.82. The van der Waals surface area contributed by atoms with Gasteiger partial charge >= 0.3 is 19.9 Å². The average Bonchev–Trinajstić information content (AvgIpc) is 2.24. The summed E-state index contributed by atoms with van der Waals surface area (Å²) in [7, 11) is 5.79. The lowest BCUT2D eigenvalue weighted by Gasteiger charge is -1.98. The fourth-order valence-electron chi connectivity index (χ4n) is 1.14. The molecule has 0 aliphatic rings. The predicted molar refractivity (Wildman–Crippen MR) is 51.4 cm³/mol. The van der Waals surface area contributed by atoms with Crippen LogP contribution in [-0.4, -0.2) is 27.7 Å². The van der Waals surface area contributed by atoms with Gasteiger partial charge in [-0.3, -0.25) is 0 Å². The highest BCUT2D eigenvalue weighted by Gasteiger charge is 2.13. The van der Waals surface area contributed by atoms with Crippen molar-refractivity contribution in [3.05, 3.63) is 25.0 Å². The maximum Gasteiger partial charge on any atom is 0.313 e. The molecular weight excluding hydrogens is 191 g/mol. The third-order valence-electron chi connectivity index (χ3n) is 2.07. The predicted octanol–water partition coefficient (Wildman–Crippen LogP) is -3.43. The third kappa shape index (κ3) is 2.12. The van der Waals surface area contributed by atoms with Crippen LogP contribution in [0.3, 0.4) is 0 Å². The summed E-state index contributed by atoms with van der Waals surface area (Å²) in [5.41, 5.74) is 1.90. The molecule has 15 heavy (non-hydrogen) atoms. The van der Waals surface area contributed by atoms with Crippen molar-refractivity contribution in [2.24, 2.45) is 14.1 Å². The standard InChI is InChI=1S/C8H10BN6/c1-14-5-12-10-3-7(14)9-8-4-11-13-6-15(8)2/h3-6H,1-2H3/q+2. The van der Waals surface area contributed by atoms with E-state index in [1.807, 2.05) is 30.5 Å². The van der Waals surface area contributed by atoms with Crippen LogP contribution in [0.4, 0.5) is 0 Å². The van der Waals surface area contributed by atoms with Crippen molar-refractivity contribution >= 4 is 18.5 Å². The largest absolute Gasteiger partial charge is 0.313 e. The summed E-state index contributed by atoms with van der Waals surface area (Å²) in [6.45, 7) is 0. The highest BCUT2D eigenvalue weighted by atomic mass is 15.2. The summed E-state index contributed by atoms with van der Waals surface area (Å²) in [6.07, 6.45) is 6.70. The Morgan fingerprint density at radius 3 is 1.73 bits per heavy atom. The summed E-state index contributed by atoms with van der Waals surface area (Å²) >= 11 is 0. The normalized spacial score (nSPS) is 10.0. The number of aryl methyl sites for hydroxylation is 2. The third-order valence-corrected chi connectivity index (χ3v) is 2.07. The van der Waals surface area contributed by atoms with E-state index < -0.39 is 0 Å². The Balaban J connectivity index is 2.30. The van der Waals surface area contributed by atoms with E-state index in [0.717, 1.165) is 11.2 Å². The average molecular weight is 201 g/mol. The van der Waals surface area contributed by atoms with Gasteiger partial charge in [0.25, 0.3) is 0 Å². The van der Waals surface area contributed by atoms with Crippen molar-refractivity contribution in [1.29, 1.82) is 0 Å². The van der Waals surface area contributed by atoms with Crippen LogP contribution in [0.15, 0.2) is 25.0 Å². The van der Waals surface area contributed by atoms with E-state index in [2.05, 4.69) is 20.4 Å². The van der Waals surface area contributed by atoms with Gasteiger partial charge in [-0.15, -0.1) is 0 Å². The Morgan fingerprint density at radius 1 is 0.867 bits per heavy atom. The van der Waals surface area contributed by atoms with Gasteiger partial charge in [0.15, 0.2) is 0 Å². The molecule has 0 aliphatic carbocycles. The fourth-order valence-corrected chi connectivity index (χ4v) is 1.14. The molecule has 1 radical (unpaired) electrons. The van der Waals surface area contributed by atoms with Gasteiger partial charge in [-0.25, -0.2) is 9.13 Å². The molecule has 2 heterocycles. The Kier molecular flexibility index (Phi) is 2.62. The Morgan fingerprint density at radius 2 is 1.33 bits per heavy atom. The topological polar surface area (TPSA) is 59.3 Å². The number of rotatable bonds is 2. The van der Waals surface area contributed by atoms with E-state index in [-0.39, 0.29) is 0 Å². The molecule has 0 atom stereocenters.